The number of rotatable bonds is 6. The van der Waals surface area contributed by atoms with Crippen molar-refractivity contribution in [2.75, 3.05) is 33.7 Å². The first-order valence-corrected chi connectivity index (χ1v) is 6.71. The number of nitrogens with one attached hydrogen (secondary N) is 1. The lowest BCUT2D eigenvalue weighted by Gasteiger charge is -2.10. The zero-order chi connectivity index (χ0) is 14.8. The van der Waals surface area contributed by atoms with Gasteiger partial charge >= 0.3 is 0 Å². The standard InChI is InChI=1S/C15H22N4O/c1-19(2)11-4-3-9-18-15(20)14-7-10-17-12-13(14)6-5-8-16/h7,10,12H,3-4,8-9,11,16H2,1-2H3,(H,18,20). The maximum Gasteiger partial charge on any atom is 0.252 e. The van der Waals surface area contributed by atoms with Crippen molar-refractivity contribution in [2.24, 2.45) is 5.73 Å². The van der Waals surface area contributed by atoms with Crippen molar-refractivity contribution >= 4 is 5.91 Å². The number of nitrogens with two attached hydrogens (primary N) is 1. The molecule has 1 amide bonds. The van der Waals surface area contributed by atoms with E-state index in [9.17, 15) is 4.79 Å². The SMILES string of the molecule is CN(C)CCCCNC(=O)c1ccncc1C#CCN. The van der Waals surface area contributed by atoms with E-state index in [0.717, 1.165) is 19.4 Å². The quantitative estimate of drug-likeness (QED) is 0.584. The molecule has 1 aromatic heterocycles. The third-order valence-corrected chi connectivity index (χ3v) is 2.71. The van der Waals surface area contributed by atoms with E-state index in [1.165, 1.54) is 0 Å². The van der Waals surface area contributed by atoms with Crippen LogP contribution in [0.25, 0.3) is 0 Å². The van der Waals surface area contributed by atoms with Crippen LogP contribution in [0.2, 0.25) is 0 Å². The fraction of sp³-hybridized carbons (Fsp3) is 0.467. The molecular weight excluding hydrogens is 252 g/mol. The number of hydrogen-bond donors (Lipinski definition) is 2. The number of nitrogens with zero attached hydrogens (tertiary/aromatic N) is 2. The highest BCUT2D eigenvalue weighted by Crippen LogP contribution is 2.05. The van der Waals surface area contributed by atoms with Gasteiger partial charge in [0, 0.05) is 18.9 Å². The zero-order valence-corrected chi connectivity index (χ0v) is 12.1. The lowest BCUT2D eigenvalue weighted by Crippen LogP contribution is -2.26. The molecule has 3 N–H and O–H groups in total. The topological polar surface area (TPSA) is 71.2 Å². The normalized spacial score (nSPS) is 10.0. The summed E-state index contributed by atoms with van der Waals surface area (Å²) in [5.41, 5.74) is 6.51. The number of aromatic nitrogens is 1. The summed E-state index contributed by atoms with van der Waals surface area (Å²) in [5, 5.41) is 2.91. The second kappa shape index (κ2) is 9.08. The fourth-order valence-electron chi connectivity index (χ4n) is 1.69. The summed E-state index contributed by atoms with van der Waals surface area (Å²) >= 11 is 0. The minimum atomic E-state index is -0.112. The van der Waals surface area contributed by atoms with E-state index in [1.807, 2.05) is 14.1 Å². The van der Waals surface area contributed by atoms with Crippen molar-refractivity contribution in [3.63, 3.8) is 0 Å². The second-order valence-corrected chi connectivity index (χ2v) is 4.69. The molecule has 0 saturated heterocycles. The van der Waals surface area contributed by atoms with Gasteiger partial charge in [0.25, 0.3) is 5.91 Å². The first kappa shape index (κ1) is 16.2. The highest BCUT2D eigenvalue weighted by atomic mass is 16.1. The number of unbranched alkanes of at least 4 members (excludes halogenated alkanes) is 1. The Morgan fingerprint density at radius 2 is 2.25 bits per heavy atom. The summed E-state index contributed by atoms with van der Waals surface area (Å²) in [4.78, 5) is 18.2. The van der Waals surface area contributed by atoms with E-state index in [0.29, 0.717) is 17.7 Å². The van der Waals surface area contributed by atoms with Crippen molar-refractivity contribution in [3.05, 3.63) is 29.6 Å². The van der Waals surface area contributed by atoms with E-state index >= 15 is 0 Å². The van der Waals surface area contributed by atoms with E-state index in [4.69, 9.17) is 5.73 Å². The molecule has 1 rings (SSSR count). The highest BCUT2D eigenvalue weighted by molar-refractivity contribution is 5.96. The molecule has 0 atom stereocenters. The fourth-order valence-corrected chi connectivity index (χ4v) is 1.69. The van der Waals surface area contributed by atoms with Crippen LogP contribution in [-0.4, -0.2) is 49.5 Å². The molecule has 108 valence electrons. The molecule has 0 bridgehead atoms. The van der Waals surface area contributed by atoms with Gasteiger partial charge in [-0.05, 0) is 39.5 Å². The summed E-state index contributed by atoms with van der Waals surface area (Å²) < 4.78 is 0. The Morgan fingerprint density at radius 1 is 1.45 bits per heavy atom. The maximum atomic E-state index is 12.1. The van der Waals surface area contributed by atoms with Gasteiger partial charge in [0.05, 0.1) is 17.7 Å². The lowest BCUT2D eigenvalue weighted by molar-refractivity contribution is 0.0952. The van der Waals surface area contributed by atoms with Crippen LogP contribution in [0.1, 0.15) is 28.8 Å². The number of pyridine rings is 1. The van der Waals surface area contributed by atoms with E-state index in [1.54, 1.807) is 18.5 Å². The summed E-state index contributed by atoms with van der Waals surface area (Å²) in [5.74, 6) is 5.49. The predicted octanol–water partition coefficient (Wildman–Crippen LogP) is 0.463. The Bertz CT molecular complexity index is 488. The average Bonchev–Trinajstić information content (AvgIpc) is 2.44. The van der Waals surface area contributed by atoms with Crippen LogP contribution in [0.5, 0.6) is 0 Å². The van der Waals surface area contributed by atoms with Crippen LogP contribution in [0.3, 0.4) is 0 Å². The zero-order valence-electron chi connectivity index (χ0n) is 12.1. The molecule has 5 heteroatoms. The summed E-state index contributed by atoms with van der Waals surface area (Å²) in [6.07, 6.45) is 5.19. The van der Waals surface area contributed by atoms with Crippen LogP contribution >= 0.6 is 0 Å². The molecule has 1 aromatic rings. The lowest BCUT2D eigenvalue weighted by atomic mass is 10.1. The maximum absolute atomic E-state index is 12.1. The molecule has 20 heavy (non-hydrogen) atoms. The molecule has 0 aliphatic heterocycles. The van der Waals surface area contributed by atoms with Gasteiger partial charge in [-0.15, -0.1) is 0 Å². The second-order valence-electron chi connectivity index (χ2n) is 4.69. The van der Waals surface area contributed by atoms with Crippen LogP contribution in [0, 0.1) is 11.8 Å². The summed E-state index contributed by atoms with van der Waals surface area (Å²) in [6.45, 7) is 1.96. The van der Waals surface area contributed by atoms with Gasteiger partial charge in [0.15, 0.2) is 0 Å². The molecule has 5 nitrogen and oxygen atoms in total. The van der Waals surface area contributed by atoms with Gasteiger partial charge in [0.1, 0.15) is 0 Å². The number of carbonyl (C=O) groups is 1. The number of carbonyl (C=O) groups excluding carboxylic acids is 1. The van der Waals surface area contributed by atoms with Gasteiger partial charge in [0.2, 0.25) is 0 Å². The largest absolute Gasteiger partial charge is 0.352 e. The van der Waals surface area contributed by atoms with Crippen molar-refractivity contribution in [1.82, 2.24) is 15.2 Å². The van der Waals surface area contributed by atoms with Crippen LogP contribution in [0.15, 0.2) is 18.5 Å². The van der Waals surface area contributed by atoms with Crippen LogP contribution < -0.4 is 11.1 Å². The smallest absolute Gasteiger partial charge is 0.252 e. The van der Waals surface area contributed by atoms with Crippen molar-refractivity contribution < 1.29 is 4.79 Å². The van der Waals surface area contributed by atoms with Gasteiger partial charge in [-0.2, -0.15) is 0 Å². The molecular formula is C15H22N4O. The minimum absolute atomic E-state index is 0.112. The Kier molecular flexibility index (Phi) is 7.33. The van der Waals surface area contributed by atoms with Crippen LogP contribution in [-0.2, 0) is 0 Å². The minimum Gasteiger partial charge on any atom is -0.352 e. The monoisotopic (exact) mass is 274 g/mol. The Labute approximate surface area is 120 Å². The third-order valence-electron chi connectivity index (χ3n) is 2.71. The summed E-state index contributed by atoms with van der Waals surface area (Å²) in [7, 11) is 4.08. The number of amides is 1. The van der Waals surface area contributed by atoms with Crippen molar-refractivity contribution in [1.29, 1.82) is 0 Å². The third kappa shape index (κ3) is 5.83. The van der Waals surface area contributed by atoms with Gasteiger partial charge in [-0.3, -0.25) is 9.78 Å². The Morgan fingerprint density at radius 3 is 2.95 bits per heavy atom. The van der Waals surface area contributed by atoms with Gasteiger partial charge in [-0.1, -0.05) is 11.8 Å². The molecule has 0 aliphatic carbocycles. The predicted molar refractivity (Wildman–Crippen MR) is 80.3 cm³/mol. The molecule has 0 radical (unpaired) electrons. The molecule has 0 spiro atoms. The molecule has 0 unspecified atom stereocenters. The Hall–Kier alpha value is -1.90. The van der Waals surface area contributed by atoms with Crippen LogP contribution in [0.4, 0.5) is 0 Å². The van der Waals surface area contributed by atoms with Crippen molar-refractivity contribution in [2.45, 2.75) is 12.8 Å². The van der Waals surface area contributed by atoms with E-state index in [2.05, 4.69) is 27.0 Å². The first-order chi connectivity index (χ1) is 9.65. The summed E-state index contributed by atoms with van der Waals surface area (Å²) in [6, 6.07) is 1.68. The van der Waals surface area contributed by atoms with Crippen molar-refractivity contribution in [3.8, 4) is 11.8 Å². The molecule has 1 heterocycles. The molecule has 0 aromatic carbocycles. The van der Waals surface area contributed by atoms with Gasteiger partial charge < -0.3 is 16.0 Å². The van der Waals surface area contributed by atoms with Gasteiger partial charge in [-0.25, -0.2) is 0 Å². The molecule has 0 fully saturated rings. The van der Waals surface area contributed by atoms with E-state index in [-0.39, 0.29) is 12.5 Å². The first-order valence-electron chi connectivity index (χ1n) is 6.71. The molecule has 0 saturated carbocycles. The van der Waals surface area contributed by atoms with E-state index < -0.39 is 0 Å². The number of hydrogen-bond acceptors (Lipinski definition) is 4. The Balaban J connectivity index is 2.51. The highest BCUT2D eigenvalue weighted by Gasteiger charge is 2.09. The average molecular weight is 274 g/mol. The molecule has 0 aliphatic rings.